The summed E-state index contributed by atoms with van der Waals surface area (Å²) in [6.45, 7) is 0. The van der Waals surface area contributed by atoms with Crippen LogP contribution in [0.15, 0.2) is 91.0 Å². The van der Waals surface area contributed by atoms with Crippen molar-refractivity contribution in [2.75, 3.05) is 0 Å². The summed E-state index contributed by atoms with van der Waals surface area (Å²) >= 11 is 0. The normalized spacial score (nSPS) is 11.5. The van der Waals surface area contributed by atoms with Crippen LogP contribution in [0.5, 0.6) is 17.4 Å². The monoisotopic (exact) mass is 443 g/mol. The van der Waals surface area contributed by atoms with Crippen LogP contribution in [-0.2, 0) is 4.79 Å². The second-order valence-electron chi connectivity index (χ2n) is 7.24. The van der Waals surface area contributed by atoms with Crippen molar-refractivity contribution in [3.05, 3.63) is 102 Å². The van der Waals surface area contributed by atoms with Gasteiger partial charge < -0.3 is 20.3 Å². The van der Waals surface area contributed by atoms with Gasteiger partial charge in [-0.05, 0) is 42.0 Å². The van der Waals surface area contributed by atoms with Gasteiger partial charge in [-0.15, -0.1) is 0 Å². The van der Waals surface area contributed by atoms with Gasteiger partial charge in [0.15, 0.2) is 5.69 Å². The lowest BCUT2D eigenvalue weighted by Gasteiger charge is -2.17. The lowest BCUT2D eigenvalue weighted by atomic mass is 10.0. The van der Waals surface area contributed by atoms with Crippen molar-refractivity contribution in [3.63, 3.8) is 0 Å². The third-order valence-corrected chi connectivity index (χ3v) is 4.87. The van der Waals surface area contributed by atoms with E-state index in [1.165, 1.54) is 10.7 Å². The first-order valence-electron chi connectivity index (χ1n) is 10.2. The molecule has 0 spiro atoms. The fraction of sp³-hybridized carbons (Fsp3) is 0.0800. The Kier molecular flexibility index (Phi) is 6.36. The molecule has 0 aliphatic heterocycles. The van der Waals surface area contributed by atoms with Gasteiger partial charge >= 0.3 is 5.97 Å². The first kappa shape index (κ1) is 21.6. The fourth-order valence-corrected chi connectivity index (χ4v) is 3.29. The maximum absolute atomic E-state index is 12.8. The second-order valence-corrected chi connectivity index (χ2v) is 7.24. The van der Waals surface area contributed by atoms with Gasteiger partial charge in [0.05, 0.1) is 18.2 Å². The van der Waals surface area contributed by atoms with Gasteiger partial charge in [0, 0.05) is 6.07 Å². The van der Waals surface area contributed by atoms with Crippen LogP contribution in [0.25, 0.3) is 5.69 Å². The molecule has 0 fully saturated rings. The van der Waals surface area contributed by atoms with Gasteiger partial charge in [-0.3, -0.25) is 9.59 Å². The van der Waals surface area contributed by atoms with Crippen molar-refractivity contribution in [1.82, 2.24) is 15.1 Å². The van der Waals surface area contributed by atoms with Crippen LogP contribution in [-0.4, -0.2) is 31.9 Å². The number of aliphatic carboxylic acids is 1. The molecule has 1 aromatic heterocycles. The highest BCUT2D eigenvalue weighted by atomic mass is 16.5. The zero-order valence-corrected chi connectivity index (χ0v) is 17.5. The molecule has 0 bridgehead atoms. The van der Waals surface area contributed by atoms with Crippen LogP contribution in [0, 0.1) is 0 Å². The Bertz CT molecular complexity index is 1240. The predicted octanol–water partition coefficient (Wildman–Crippen LogP) is 4.32. The average Bonchev–Trinajstić information content (AvgIpc) is 3.22. The number of carbonyl (C=O) groups excluding carboxylic acids is 1. The molecule has 0 saturated heterocycles. The van der Waals surface area contributed by atoms with Gasteiger partial charge in [-0.25, -0.2) is 4.68 Å². The number of para-hydroxylation sites is 2. The fourth-order valence-electron chi connectivity index (χ4n) is 3.29. The predicted molar refractivity (Wildman–Crippen MR) is 121 cm³/mol. The Morgan fingerprint density at radius 3 is 2.15 bits per heavy atom. The van der Waals surface area contributed by atoms with Crippen LogP contribution >= 0.6 is 0 Å². The molecule has 3 aromatic carbocycles. The van der Waals surface area contributed by atoms with Crippen LogP contribution in [0.3, 0.4) is 0 Å². The van der Waals surface area contributed by atoms with E-state index >= 15 is 0 Å². The Morgan fingerprint density at radius 2 is 1.52 bits per heavy atom. The number of hydrogen-bond donors (Lipinski definition) is 3. The maximum Gasteiger partial charge on any atom is 0.305 e. The lowest BCUT2D eigenvalue weighted by molar-refractivity contribution is -0.137. The molecule has 4 aromatic rings. The Morgan fingerprint density at radius 1 is 0.909 bits per heavy atom. The van der Waals surface area contributed by atoms with E-state index in [2.05, 4.69) is 10.4 Å². The highest BCUT2D eigenvalue weighted by molar-refractivity contribution is 5.93. The van der Waals surface area contributed by atoms with E-state index in [4.69, 9.17) is 4.74 Å². The zero-order valence-electron chi connectivity index (χ0n) is 17.5. The molecule has 0 radical (unpaired) electrons. The zero-order chi connectivity index (χ0) is 23.2. The number of hydrogen-bond acceptors (Lipinski definition) is 5. The second kappa shape index (κ2) is 9.69. The van der Waals surface area contributed by atoms with Gasteiger partial charge in [0.2, 0.25) is 5.88 Å². The summed E-state index contributed by atoms with van der Waals surface area (Å²) in [4.78, 5) is 24.2. The third-order valence-electron chi connectivity index (χ3n) is 4.87. The summed E-state index contributed by atoms with van der Waals surface area (Å²) in [5.74, 6) is -0.617. The number of aromatic hydroxyl groups is 1. The van der Waals surface area contributed by atoms with Crippen LogP contribution in [0.1, 0.15) is 28.5 Å². The van der Waals surface area contributed by atoms with Gasteiger partial charge in [0.25, 0.3) is 5.91 Å². The first-order valence-corrected chi connectivity index (χ1v) is 10.2. The maximum atomic E-state index is 12.8. The highest BCUT2D eigenvalue weighted by Gasteiger charge is 2.22. The van der Waals surface area contributed by atoms with E-state index in [0.29, 0.717) is 22.7 Å². The van der Waals surface area contributed by atoms with Gasteiger partial charge in [-0.1, -0.05) is 48.5 Å². The van der Waals surface area contributed by atoms with Crippen LogP contribution in [0.4, 0.5) is 0 Å². The van der Waals surface area contributed by atoms with Crippen molar-refractivity contribution < 1.29 is 24.5 Å². The SMILES string of the molecule is O=C(O)CC(NC(=O)c1cc(O)n(-c2ccccc2)n1)c1ccc(Oc2ccccc2)cc1. The quantitative estimate of drug-likeness (QED) is 0.374. The van der Waals surface area contributed by atoms with E-state index in [1.807, 2.05) is 36.4 Å². The molecule has 33 heavy (non-hydrogen) atoms. The summed E-state index contributed by atoms with van der Waals surface area (Å²) in [7, 11) is 0. The number of amides is 1. The summed E-state index contributed by atoms with van der Waals surface area (Å²) in [6.07, 6.45) is -0.323. The molecule has 1 atom stereocenters. The topological polar surface area (TPSA) is 114 Å². The van der Waals surface area contributed by atoms with Crippen molar-refractivity contribution >= 4 is 11.9 Å². The number of carboxylic acid groups (broad SMARTS) is 1. The molecule has 1 amide bonds. The van der Waals surface area contributed by atoms with E-state index in [0.717, 1.165) is 0 Å². The van der Waals surface area contributed by atoms with Crippen LogP contribution < -0.4 is 10.1 Å². The van der Waals surface area contributed by atoms with Crippen LogP contribution in [0.2, 0.25) is 0 Å². The molecular formula is C25H21N3O5. The third kappa shape index (κ3) is 5.37. The van der Waals surface area contributed by atoms with E-state index < -0.39 is 17.9 Å². The highest BCUT2D eigenvalue weighted by Crippen LogP contribution is 2.25. The molecule has 1 unspecified atom stereocenters. The Balaban J connectivity index is 1.51. The molecule has 1 heterocycles. The number of nitrogens with one attached hydrogen (secondary N) is 1. The molecule has 0 aliphatic rings. The van der Waals surface area contributed by atoms with Crippen molar-refractivity contribution in [3.8, 4) is 23.1 Å². The largest absolute Gasteiger partial charge is 0.493 e. The summed E-state index contributed by atoms with van der Waals surface area (Å²) < 4.78 is 6.99. The van der Waals surface area contributed by atoms with Gasteiger partial charge in [0.1, 0.15) is 11.5 Å². The number of benzene rings is 3. The minimum Gasteiger partial charge on any atom is -0.493 e. The minimum absolute atomic E-state index is 0.0317. The summed E-state index contributed by atoms with van der Waals surface area (Å²) in [6, 6.07) is 25.4. The number of carboxylic acids is 1. The molecule has 0 saturated carbocycles. The van der Waals surface area contributed by atoms with E-state index in [-0.39, 0.29) is 18.0 Å². The first-order chi connectivity index (χ1) is 16.0. The number of ether oxygens (including phenoxy) is 1. The molecular weight excluding hydrogens is 422 g/mol. The van der Waals surface area contributed by atoms with Crippen molar-refractivity contribution in [2.45, 2.75) is 12.5 Å². The summed E-state index contributed by atoms with van der Waals surface area (Å²) in [5, 5.41) is 26.4. The van der Waals surface area contributed by atoms with Gasteiger partial charge in [-0.2, -0.15) is 5.10 Å². The molecule has 166 valence electrons. The number of nitrogens with zero attached hydrogens (tertiary/aromatic N) is 2. The smallest absolute Gasteiger partial charge is 0.305 e. The molecule has 8 nitrogen and oxygen atoms in total. The number of aromatic nitrogens is 2. The standard InChI is InChI=1S/C25H21N3O5/c29-23-15-22(27-28(23)18-7-3-1-4-8-18)25(32)26-21(16-24(30)31)17-11-13-20(14-12-17)33-19-9-5-2-6-10-19/h1-15,21,29H,16H2,(H,26,32)(H,30,31). The summed E-state index contributed by atoms with van der Waals surface area (Å²) in [5.41, 5.74) is 1.15. The lowest BCUT2D eigenvalue weighted by Crippen LogP contribution is -2.30. The number of rotatable bonds is 8. The van der Waals surface area contributed by atoms with Crippen molar-refractivity contribution in [1.29, 1.82) is 0 Å². The van der Waals surface area contributed by atoms with E-state index in [1.54, 1.807) is 48.5 Å². The molecule has 8 heteroatoms. The molecule has 0 aliphatic carbocycles. The molecule has 4 rings (SSSR count). The Hall–Kier alpha value is -4.59. The minimum atomic E-state index is -1.07. The van der Waals surface area contributed by atoms with Crippen molar-refractivity contribution in [2.24, 2.45) is 0 Å². The average molecular weight is 443 g/mol. The number of carbonyl (C=O) groups is 2. The van der Waals surface area contributed by atoms with E-state index in [9.17, 15) is 19.8 Å². The Labute approximate surface area is 189 Å². The molecule has 3 N–H and O–H groups in total.